The summed E-state index contributed by atoms with van der Waals surface area (Å²) in [5.41, 5.74) is -0.421. The van der Waals surface area contributed by atoms with Gasteiger partial charge in [-0.25, -0.2) is 0 Å². The second-order valence-corrected chi connectivity index (χ2v) is 6.42. The number of hydrogen-bond donors (Lipinski definition) is 4. The van der Waals surface area contributed by atoms with E-state index in [2.05, 4.69) is 0 Å². The van der Waals surface area contributed by atoms with E-state index in [1.54, 1.807) is 13.0 Å². The summed E-state index contributed by atoms with van der Waals surface area (Å²) in [4.78, 5) is 24.7. The molecule has 4 N–H and O–H groups in total. The fourth-order valence-electron chi connectivity index (χ4n) is 2.68. The highest BCUT2D eigenvalue weighted by molar-refractivity contribution is 6.07. The number of aliphatic hydroxyl groups excluding tert-OH is 1. The Morgan fingerprint density at radius 1 is 1.18 bits per heavy atom. The summed E-state index contributed by atoms with van der Waals surface area (Å²) in [7, 11) is 0. The molecule has 148 valence electrons. The van der Waals surface area contributed by atoms with Gasteiger partial charge in [-0.15, -0.1) is 0 Å². The number of ketones is 1. The second kappa shape index (κ2) is 9.05. The van der Waals surface area contributed by atoms with E-state index in [-0.39, 0.29) is 28.6 Å². The average molecular weight is 385 g/mol. The van der Waals surface area contributed by atoms with Crippen LogP contribution in [-0.4, -0.2) is 37.6 Å². The number of nitrogens with zero attached hydrogens (tertiary/aromatic N) is 1. The zero-order chi connectivity index (χ0) is 20.8. The topological polar surface area (TPSA) is 120 Å². The summed E-state index contributed by atoms with van der Waals surface area (Å²) in [6, 6.07) is 5.71. The van der Waals surface area contributed by atoms with Gasteiger partial charge in [0.15, 0.2) is 5.78 Å². The maximum Gasteiger partial charge on any atom is 0.297 e. The molecule has 28 heavy (non-hydrogen) atoms. The molecule has 0 aliphatic heterocycles. The first-order valence-corrected chi connectivity index (χ1v) is 8.77. The van der Waals surface area contributed by atoms with E-state index in [9.17, 15) is 30.1 Å². The van der Waals surface area contributed by atoms with Crippen molar-refractivity contribution in [2.75, 3.05) is 6.61 Å². The maximum absolute atomic E-state index is 12.5. The van der Waals surface area contributed by atoms with Crippen molar-refractivity contribution < 1.29 is 25.3 Å². The average Bonchev–Trinajstić information content (AvgIpc) is 2.68. The zero-order valence-corrected chi connectivity index (χ0v) is 15.7. The van der Waals surface area contributed by atoms with Crippen LogP contribution in [0.2, 0.25) is 0 Å². The van der Waals surface area contributed by atoms with Gasteiger partial charge in [-0.3, -0.25) is 9.59 Å². The summed E-state index contributed by atoms with van der Waals surface area (Å²) in [6.45, 7) is 3.66. The third kappa shape index (κ3) is 4.69. The van der Waals surface area contributed by atoms with Crippen molar-refractivity contribution in [1.82, 2.24) is 4.73 Å². The number of aromatic nitrogens is 1. The number of benzene rings is 1. The molecular weight excluding hydrogens is 362 g/mol. The number of pyridine rings is 1. The smallest absolute Gasteiger partial charge is 0.297 e. The summed E-state index contributed by atoms with van der Waals surface area (Å²) >= 11 is 0. The minimum absolute atomic E-state index is 0.00955. The third-order valence-corrected chi connectivity index (χ3v) is 4.35. The molecule has 0 spiro atoms. The highest BCUT2D eigenvalue weighted by atomic mass is 16.5. The van der Waals surface area contributed by atoms with Gasteiger partial charge in [0, 0.05) is 18.1 Å². The molecule has 1 aromatic carbocycles. The van der Waals surface area contributed by atoms with Crippen LogP contribution in [0.4, 0.5) is 0 Å². The van der Waals surface area contributed by atoms with Gasteiger partial charge < -0.3 is 20.5 Å². The van der Waals surface area contributed by atoms with Gasteiger partial charge in [-0.1, -0.05) is 36.8 Å². The normalized spacial score (nSPS) is 13.0. The fraction of sp³-hybridized carbons (Fsp3) is 0.238. The van der Waals surface area contributed by atoms with Crippen molar-refractivity contribution in [1.29, 1.82) is 0 Å². The second-order valence-electron chi connectivity index (χ2n) is 6.42. The molecule has 2 aromatic rings. The van der Waals surface area contributed by atoms with Gasteiger partial charge in [0.2, 0.25) is 0 Å². The van der Waals surface area contributed by atoms with Crippen molar-refractivity contribution in [3.8, 4) is 22.6 Å². The van der Waals surface area contributed by atoms with Crippen molar-refractivity contribution in [2.45, 2.75) is 20.3 Å². The molecule has 0 bridgehead atoms. The molecule has 1 aromatic heterocycles. The Kier molecular flexibility index (Phi) is 6.79. The van der Waals surface area contributed by atoms with Crippen LogP contribution in [-0.2, 0) is 0 Å². The summed E-state index contributed by atoms with van der Waals surface area (Å²) in [5.74, 6) is -1.36. The van der Waals surface area contributed by atoms with Crippen molar-refractivity contribution >= 4 is 5.78 Å². The molecule has 0 saturated carbocycles. The lowest BCUT2D eigenvalue weighted by Crippen LogP contribution is -2.24. The molecule has 1 unspecified atom stereocenters. The van der Waals surface area contributed by atoms with E-state index >= 15 is 0 Å². The Hall–Kier alpha value is -3.32. The molecule has 0 amide bonds. The van der Waals surface area contributed by atoms with E-state index in [4.69, 9.17) is 0 Å². The zero-order valence-electron chi connectivity index (χ0n) is 15.7. The van der Waals surface area contributed by atoms with E-state index in [1.165, 1.54) is 30.3 Å². The van der Waals surface area contributed by atoms with Gasteiger partial charge in [-0.2, -0.15) is 4.73 Å². The summed E-state index contributed by atoms with van der Waals surface area (Å²) in [6.07, 6.45) is 6.16. The summed E-state index contributed by atoms with van der Waals surface area (Å²) < 4.78 is 0.241. The van der Waals surface area contributed by atoms with Gasteiger partial charge in [0.05, 0.1) is 6.20 Å². The van der Waals surface area contributed by atoms with Crippen molar-refractivity contribution in [3.05, 3.63) is 70.2 Å². The quantitative estimate of drug-likeness (QED) is 0.252. The number of phenolic OH excluding ortho intramolecular Hbond substituents is 1. The first-order chi connectivity index (χ1) is 13.3. The van der Waals surface area contributed by atoms with Crippen LogP contribution in [0.15, 0.2) is 59.1 Å². The van der Waals surface area contributed by atoms with E-state index in [1.807, 2.05) is 6.92 Å². The Morgan fingerprint density at radius 2 is 1.82 bits per heavy atom. The van der Waals surface area contributed by atoms with Crippen LogP contribution in [0.3, 0.4) is 0 Å². The van der Waals surface area contributed by atoms with Crippen molar-refractivity contribution in [2.24, 2.45) is 5.92 Å². The van der Waals surface area contributed by atoms with Crippen molar-refractivity contribution in [3.63, 3.8) is 0 Å². The molecular formula is C21H23NO6. The van der Waals surface area contributed by atoms with Gasteiger partial charge in [-0.05, 0) is 37.1 Å². The number of rotatable bonds is 7. The molecule has 2 rings (SSSR count). The summed E-state index contributed by atoms with van der Waals surface area (Å²) in [5, 5.41) is 39.0. The van der Waals surface area contributed by atoms with E-state index in [0.29, 0.717) is 11.1 Å². The lowest BCUT2D eigenvalue weighted by molar-refractivity contribution is 0.103. The number of aliphatic hydroxyl groups is 1. The number of hydrogen-bond acceptors (Lipinski definition) is 6. The predicted molar refractivity (Wildman–Crippen MR) is 105 cm³/mol. The van der Waals surface area contributed by atoms with Gasteiger partial charge in [0.1, 0.15) is 17.1 Å². The first-order valence-electron chi connectivity index (χ1n) is 8.77. The molecule has 1 atom stereocenters. The van der Waals surface area contributed by atoms with Crippen LogP contribution >= 0.6 is 0 Å². The molecule has 0 aliphatic rings. The molecule has 0 aliphatic carbocycles. The number of phenols is 1. The van der Waals surface area contributed by atoms with Crippen LogP contribution in [0.5, 0.6) is 11.5 Å². The first kappa shape index (κ1) is 21.0. The largest absolute Gasteiger partial charge is 0.508 e. The van der Waals surface area contributed by atoms with Crippen LogP contribution < -0.4 is 5.56 Å². The lowest BCUT2D eigenvalue weighted by atomic mass is 10.0. The predicted octanol–water partition coefficient (Wildman–Crippen LogP) is 2.87. The number of aromatic hydroxyl groups is 2. The number of carbonyl (C=O) groups excluding carboxylic acids is 1. The van der Waals surface area contributed by atoms with Gasteiger partial charge in [0.25, 0.3) is 5.56 Å². The number of carbonyl (C=O) groups is 1. The monoisotopic (exact) mass is 385 g/mol. The Morgan fingerprint density at radius 3 is 2.39 bits per heavy atom. The standard InChI is InChI=1S/C21H23NO6/c1-3-14(12-23)10-13(2)4-9-18(25)19-20(26)17(11-22(28)21(19)27)15-5-7-16(24)8-6-15/h4-11,14,23-24,26,28H,3,12H2,1-2H3. The van der Waals surface area contributed by atoms with E-state index in [0.717, 1.165) is 18.7 Å². The highest BCUT2D eigenvalue weighted by Gasteiger charge is 2.21. The Labute approximate surface area is 162 Å². The molecule has 1 heterocycles. The minimum Gasteiger partial charge on any atom is -0.508 e. The third-order valence-electron chi connectivity index (χ3n) is 4.35. The minimum atomic E-state index is -1.04. The van der Waals surface area contributed by atoms with Gasteiger partial charge >= 0.3 is 0 Å². The fourth-order valence-corrected chi connectivity index (χ4v) is 2.68. The van der Waals surface area contributed by atoms with E-state index < -0.39 is 22.7 Å². The molecule has 0 fully saturated rings. The van der Waals surface area contributed by atoms with Crippen LogP contribution in [0.25, 0.3) is 11.1 Å². The molecule has 7 heteroatoms. The Balaban J connectivity index is 2.45. The molecule has 0 radical (unpaired) electrons. The lowest BCUT2D eigenvalue weighted by Gasteiger charge is -2.10. The Bertz CT molecular complexity index is 966. The highest BCUT2D eigenvalue weighted by Crippen LogP contribution is 2.31. The number of allylic oxidation sites excluding steroid dienone is 3. The maximum atomic E-state index is 12.5. The SMILES string of the molecule is CCC(C=C(C)C=CC(=O)c1c(O)c(-c2ccc(O)cc2)cn(O)c1=O)CO. The van der Waals surface area contributed by atoms with Crippen LogP contribution in [0, 0.1) is 5.92 Å². The van der Waals surface area contributed by atoms with Crippen LogP contribution in [0.1, 0.15) is 30.6 Å². The molecule has 7 nitrogen and oxygen atoms in total. The molecule has 0 saturated heterocycles.